The van der Waals surface area contributed by atoms with Crippen molar-refractivity contribution in [2.24, 2.45) is 5.92 Å². The summed E-state index contributed by atoms with van der Waals surface area (Å²) < 4.78 is 1.86. The van der Waals surface area contributed by atoms with E-state index in [-0.39, 0.29) is 0 Å². The number of aryl methyl sites for hydroxylation is 1. The second-order valence-electron chi connectivity index (χ2n) is 5.72. The topological polar surface area (TPSA) is 80.9 Å². The normalized spacial score (nSPS) is 12.1. The summed E-state index contributed by atoms with van der Waals surface area (Å²) >= 11 is 0. The van der Waals surface area contributed by atoms with Crippen LogP contribution in [0.1, 0.15) is 12.7 Å². The Labute approximate surface area is 139 Å². The van der Waals surface area contributed by atoms with Gasteiger partial charge in [-0.1, -0.05) is 37.3 Å². The lowest BCUT2D eigenvalue weighted by molar-refractivity contribution is -0.141. The number of imidazole rings is 1. The molecule has 6 heteroatoms. The summed E-state index contributed by atoms with van der Waals surface area (Å²) in [4.78, 5) is 24.2. The van der Waals surface area contributed by atoms with Gasteiger partial charge in [-0.3, -0.25) is 4.79 Å². The minimum absolute atomic E-state index is 0.332. The molecule has 6 nitrogen and oxygen atoms in total. The molecule has 3 aromatic rings. The van der Waals surface area contributed by atoms with Crippen molar-refractivity contribution in [2.75, 3.05) is 0 Å². The standard InChI is InChI=1S/C18H18N4O2/c1-12(18(23)24)10-22-11-21-16(14-6-4-3-5-7-14)17(22)15-8-19-13(2)20-9-15/h3-9,11-12H,10H2,1-2H3,(H,23,24). The number of aromatic nitrogens is 4. The fourth-order valence-corrected chi connectivity index (χ4v) is 2.52. The lowest BCUT2D eigenvalue weighted by Gasteiger charge is -2.12. The van der Waals surface area contributed by atoms with Gasteiger partial charge in [-0.2, -0.15) is 0 Å². The fraction of sp³-hybridized carbons (Fsp3) is 0.222. The molecule has 0 bridgehead atoms. The van der Waals surface area contributed by atoms with Crippen molar-refractivity contribution >= 4 is 5.97 Å². The first-order valence-electron chi connectivity index (χ1n) is 7.68. The molecule has 0 fully saturated rings. The maximum atomic E-state index is 11.2. The van der Waals surface area contributed by atoms with Gasteiger partial charge in [-0.05, 0) is 6.92 Å². The van der Waals surface area contributed by atoms with Crippen LogP contribution >= 0.6 is 0 Å². The number of hydrogen-bond donors (Lipinski definition) is 1. The van der Waals surface area contributed by atoms with Crippen LogP contribution in [0.4, 0.5) is 0 Å². The van der Waals surface area contributed by atoms with E-state index in [1.165, 1.54) is 0 Å². The maximum absolute atomic E-state index is 11.2. The SMILES string of the molecule is Cc1ncc(-c2c(-c3ccccc3)ncn2CC(C)C(=O)O)cn1. The lowest BCUT2D eigenvalue weighted by atomic mass is 10.1. The van der Waals surface area contributed by atoms with E-state index in [9.17, 15) is 9.90 Å². The molecule has 0 aliphatic heterocycles. The first-order chi connectivity index (χ1) is 11.6. The Morgan fingerprint density at radius 3 is 2.42 bits per heavy atom. The number of hydrogen-bond acceptors (Lipinski definition) is 4. The molecule has 0 saturated heterocycles. The fourth-order valence-electron chi connectivity index (χ4n) is 2.52. The first-order valence-corrected chi connectivity index (χ1v) is 7.68. The molecule has 1 atom stereocenters. The third-order valence-corrected chi connectivity index (χ3v) is 3.83. The van der Waals surface area contributed by atoms with E-state index in [1.807, 2.05) is 41.8 Å². The van der Waals surface area contributed by atoms with Crippen LogP contribution in [-0.2, 0) is 11.3 Å². The molecule has 3 rings (SSSR count). The van der Waals surface area contributed by atoms with Crippen molar-refractivity contribution < 1.29 is 9.90 Å². The minimum Gasteiger partial charge on any atom is -0.481 e. The first kappa shape index (κ1) is 15.9. The second-order valence-corrected chi connectivity index (χ2v) is 5.72. The van der Waals surface area contributed by atoms with Crippen LogP contribution < -0.4 is 0 Å². The van der Waals surface area contributed by atoms with Gasteiger partial charge in [0.2, 0.25) is 0 Å². The third-order valence-electron chi connectivity index (χ3n) is 3.83. The monoisotopic (exact) mass is 322 g/mol. The van der Waals surface area contributed by atoms with E-state index in [2.05, 4.69) is 15.0 Å². The molecule has 122 valence electrons. The van der Waals surface area contributed by atoms with Crippen LogP contribution in [0.15, 0.2) is 49.1 Å². The van der Waals surface area contributed by atoms with Crippen molar-refractivity contribution in [1.82, 2.24) is 19.5 Å². The van der Waals surface area contributed by atoms with Crippen LogP contribution in [0, 0.1) is 12.8 Å². The molecule has 0 aliphatic carbocycles. The van der Waals surface area contributed by atoms with Crippen molar-refractivity contribution in [3.63, 3.8) is 0 Å². The summed E-state index contributed by atoms with van der Waals surface area (Å²) in [6.45, 7) is 3.84. The Bertz CT molecular complexity index is 841. The third kappa shape index (κ3) is 3.17. The van der Waals surface area contributed by atoms with Gasteiger partial charge in [-0.25, -0.2) is 15.0 Å². The van der Waals surface area contributed by atoms with Crippen LogP contribution in [0.25, 0.3) is 22.5 Å². The van der Waals surface area contributed by atoms with Gasteiger partial charge in [0.15, 0.2) is 0 Å². The number of aliphatic carboxylic acids is 1. The highest BCUT2D eigenvalue weighted by Gasteiger charge is 2.19. The zero-order chi connectivity index (χ0) is 17.1. The highest BCUT2D eigenvalue weighted by molar-refractivity contribution is 5.78. The summed E-state index contributed by atoms with van der Waals surface area (Å²) in [5.41, 5.74) is 3.40. The maximum Gasteiger partial charge on any atom is 0.308 e. The van der Waals surface area contributed by atoms with E-state index in [1.54, 1.807) is 25.6 Å². The summed E-state index contributed by atoms with van der Waals surface area (Å²) in [5, 5.41) is 9.21. The lowest BCUT2D eigenvalue weighted by Crippen LogP contribution is -2.17. The van der Waals surface area contributed by atoms with Crippen molar-refractivity contribution in [2.45, 2.75) is 20.4 Å². The van der Waals surface area contributed by atoms with Gasteiger partial charge < -0.3 is 9.67 Å². The van der Waals surface area contributed by atoms with Gasteiger partial charge in [0.25, 0.3) is 0 Å². The van der Waals surface area contributed by atoms with Crippen LogP contribution in [0.3, 0.4) is 0 Å². The molecule has 24 heavy (non-hydrogen) atoms. The molecule has 0 aliphatic rings. The predicted octanol–water partition coefficient (Wildman–Crippen LogP) is 3.04. The molecular formula is C18H18N4O2. The molecule has 1 N–H and O–H groups in total. The number of carboxylic acids is 1. The highest BCUT2D eigenvalue weighted by Crippen LogP contribution is 2.31. The molecule has 1 aromatic carbocycles. The average Bonchev–Trinajstić information content (AvgIpc) is 3.00. The zero-order valence-corrected chi connectivity index (χ0v) is 13.5. The Morgan fingerprint density at radius 1 is 1.12 bits per heavy atom. The van der Waals surface area contributed by atoms with Gasteiger partial charge >= 0.3 is 5.97 Å². The number of benzene rings is 1. The highest BCUT2D eigenvalue weighted by atomic mass is 16.4. The van der Waals surface area contributed by atoms with Gasteiger partial charge in [0.05, 0.1) is 23.6 Å². The predicted molar refractivity (Wildman–Crippen MR) is 90.2 cm³/mol. The zero-order valence-electron chi connectivity index (χ0n) is 13.5. The number of nitrogens with zero attached hydrogens (tertiary/aromatic N) is 4. The van der Waals surface area contributed by atoms with Crippen molar-refractivity contribution in [3.05, 3.63) is 54.9 Å². The van der Waals surface area contributed by atoms with E-state index in [4.69, 9.17) is 0 Å². The molecule has 0 spiro atoms. The summed E-state index contributed by atoms with van der Waals surface area (Å²) in [6.07, 6.45) is 5.17. The molecule has 2 heterocycles. The molecule has 2 aromatic heterocycles. The minimum atomic E-state index is -0.837. The Balaban J connectivity index is 2.12. The number of carboxylic acid groups (broad SMARTS) is 1. The summed E-state index contributed by atoms with van der Waals surface area (Å²) in [5.74, 6) is -0.672. The van der Waals surface area contributed by atoms with Gasteiger partial charge in [0, 0.05) is 30.1 Å². The van der Waals surface area contributed by atoms with Crippen LogP contribution in [-0.4, -0.2) is 30.6 Å². The summed E-state index contributed by atoms with van der Waals surface area (Å²) in [6, 6.07) is 9.80. The van der Waals surface area contributed by atoms with Gasteiger partial charge in [-0.15, -0.1) is 0 Å². The molecule has 0 amide bonds. The molecule has 0 radical (unpaired) electrons. The van der Waals surface area contributed by atoms with E-state index < -0.39 is 11.9 Å². The van der Waals surface area contributed by atoms with Gasteiger partial charge in [0.1, 0.15) is 5.82 Å². The molecule has 1 unspecified atom stereocenters. The van der Waals surface area contributed by atoms with Crippen LogP contribution in [0.2, 0.25) is 0 Å². The smallest absolute Gasteiger partial charge is 0.308 e. The largest absolute Gasteiger partial charge is 0.481 e. The van der Waals surface area contributed by atoms with Crippen molar-refractivity contribution in [3.8, 4) is 22.5 Å². The van der Waals surface area contributed by atoms with E-state index in [0.717, 1.165) is 22.5 Å². The quantitative estimate of drug-likeness (QED) is 0.781. The van der Waals surface area contributed by atoms with Crippen molar-refractivity contribution in [1.29, 1.82) is 0 Å². The second kappa shape index (κ2) is 6.62. The Hall–Kier alpha value is -3.02. The number of rotatable bonds is 5. The molecular weight excluding hydrogens is 304 g/mol. The molecule has 0 saturated carbocycles. The average molecular weight is 322 g/mol. The number of carbonyl (C=O) groups is 1. The Morgan fingerprint density at radius 2 is 1.79 bits per heavy atom. The summed E-state index contributed by atoms with van der Waals surface area (Å²) in [7, 11) is 0. The van der Waals surface area contributed by atoms with E-state index in [0.29, 0.717) is 12.4 Å². The van der Waals surface area contributed by atoms with E-state index >= 15 is 0 Å². The Kier molecular flexibility index (Phi) is 4.37. The van der Waals surface area contributed by atoms with Crippen LogP contribution in [0.5, 0.6) is 0 Å².